The fourth-order valence-electron chi connectivity index (χ4n) is 2.36. The molecular formula is C15H18F3N3O3. The summed E-state index contributed by atoms with van der Waals surface area (Å²) in [5.41, 5.74) is 0.274. The van der Waals surface area contributed by atoms with Crippen LogP contribution in [0.2, 0.25) is 0 Å². The third-order valence-electron chi connectivity index (χ3n) is 3.52. The number of amides is 3. The maximum absolute atomic E-state index is 12.3. The van der Waals surface area contributed by atoms with E-state index in [1.165, 1.54) is 12.1 Å². The van der Waals surface area contributed by atoms with Gasteiger partial charge in [0.1, 0.15) is 5.75 Å². The number of piperazine rings is 1. The summed E-state index contributed by atoms with van der Waals surface area (Å²) in [5, 5.41) is 2.69. The molecule has 0 spiro atoms. The molecule has 0 unspecified atom stereocenters. The Morgan fingerprint density at radius 3 is 2.12 bits per heavy atom. The van der Waals surface area contributed by atoms with Crippen molar-refractivity contribution >= 4 is 11.9 Å². The molecule has 6 nitrogen and oxygen atoms in total. The molecule has 1 aliphatic heterocycles. The van der Waals surface area contributed by atoms with Crippen molar-refractivity contribution in [1.82, 2.24) is 15.1 Å². The van der Waals surface area contributed by atoms with E-state index >= 15 is 0 Å². The summed E-state index contributed by atoms with van der Waals surface area (Å²) in [4.78, 5) is 27.2. The molecule has 0 aromatic heterocycles. The summed E-state index contributed by atoms with van der Waals surface area (Å²) < 4.78 is 40.1. The SMILES string of the molecule is CCNC(=O)N1CCN(C(=O)c2ccc(OC(F)(F)F)cc2)CC1. The van der Waals surface area contributed by atoms with Crippen LogP contribution < -0.4 is 10.1 Å². The van der Waals surface area contributed by atoms with Crippen molar-refractivity contribution in [3.8, 4) is 5.75 Å². The van der Waals surface area contributed by atoms with Gasteiger partial charge in [0.15, 0.2) is 0 Å². The zero-order valence-electron chi connectivity index (χ0n) is 13.1. The van der Waals surface area contributed by atoms with E-state index in [1.807, 2.05) is 6.92 Å². The molecule has 1 heterocycles. The maximum atomic E-state index is 12.3. The summed E-state index contributed by atoms with van der Waals surface area (Å²) in [6.07, 6.45) is -4.76. The minimum Gasteiger partial charge on any atom is -0.406 e. The first kappa shape index (κ1) is 17.9. The molecule has 1 N–H and O–H groups in total. The highest BCUT2D eigenvalue weighted by atomic mass is 19.4. The molecule has 0 atom stereocenters. The quantitative estimate of drug-likeness (QED) is 0.912. The van der Waals surface area contributed by atoms with E-state index in [0.717, 1.165) is 12.1 Å². The lowest BCUT2D eigenvalue weighted by molar-refractivity contribution is -0.274. The van der Waals surface area contributed by atoms with E-state index < -0.39 is 6.36 Å². The van der Waals surface area contributed by atoms with Crippen LogP contribution in [0.25, 0.3) is 0 Å². The number of halogens is 3. The molecule has 1 aliphatic rings. The molecule has 0 bridgehead atoms. The number of urea groups is 1. The number of alkyl halides is 3. The van der Waals surface area contributed by atoms with Crippen molar-refractivity contribution in [3.63, 3.8) is 0 Å². The Balaban J connectivity index is 1.92. The Morgan fingerprint density at radius 1 is 1.08 bits per heavy atom. The number of rotatable bonds is 3. The van der Waals surface area contributed by atoms with Crippen LogP contribution >= 0.6 is 0 Å². The first-order valence-electron chi connectivity index (χ1n) is 7.48. The molecule has 2 rings (SSSR count). The van der Waals surface area contributed by atoms with Crippen LogP contribution in [0, 0.1) is 0 Å². The van der Waals surface area contributed by atoms with Gasteiger partial charge in [0.2, 0.25) is 0 Å². The minimum atomic E-state index is -4.76. The Hall–Kier alpha value is -2.45. The predicted octanol–water partition coefficient (Wildman–Crippen LogP) is 2.07. The summed E-state index contributed by atoms with van der Waals surface area (Å²) >= 11 is 0. The molecule has 132 valence electrons. The van der Waals surface area contributed by atoms with Crippen LogP contribution in [0.1, 0.15) is 17.3 Å². The van der Waals surface area contributed by atoms with Gasteiger partial charge in [-0.1, -0.05) is 0 Å². The number of benzene rings is 1. The van der Waals surface area contributed by atoms with E-state index in [4.69, 9.17) is 0 Å². The van der Waals surface area contributed by atoms with Crippen molar-refractivity contribution in [3.05, 3.63) is 29.8 Å². The number of ether oxygens (including phenoxy) is 1. The largest absolute Gasteiger partial charge is 0.573 e. The van der Waals surface area contributed by atoms with Crippen LogP contribution in [-0.2, 0) is 0 Å². The van der Waals surface area contributed by atoms with Gasteiger partial charge in [0, 0.05) is 38.3 Å². The maximum Gasteiger partial charge on any atom is 0.573 e. The van der Waals surface area contributed by atoms with Crippen LogP contribution in [0.3, 0.4) is 0 Å². The molecule has 3 amide bonds. The molecule has 0 saturated carbocycles. The molecule has 1 saturated heterocycles. The highest BCUT2D eigenvalue weighted by Gasteiger charge is 2.31. The normalized spacial score (nSPS) is 15.2. The lowest BCUT2D eigenvalue weighted by Gasteiger charge is -2.34. The summed E-state index contributed by atoms with van der Waals surface area (Å²) in [7, 11) is 0. The Labute approximate surface area is 137 Å². The van der Waals surface area contributed by atoms with Gasteiger partial charge in [-0.2, -0.15) is 0 Å². The van der Waals surface area contributed by atoms with Crippen molar-refractivity contribution in [2.75, 3.05) is 32.7 Å². The van der Waals surface area contributed by atoms with E-state index in [2.05, 4.69) is 10.1 Å². The van der Waals surface area contributed by atoms with Gasteiger partial charge in [-0.15, -0.1) is 13.2 Å². The smallest absolute Gasteiger partial charge is 0.406 e. The molecule has 0 radical (unpaired) electrons. The number of nitrogens with one attached hydrogen (secondary N) is 1. The predicted molar refractivity (Wildman–Crippen MR) is 79.7 cm³/mol. The fourth-order valence-corrected chi connectivity index (χ4v) is 2.36. The third kappa shape index (κ3) is 4.77. The fraction of sp³-hybridized carbons (Fsp3) is 0.467. The standard InChI is InChI=1S/C15H18F3N3O3/c1-2-19-14(23)21-9-7-20(8-10-21)13(22)11-3-5-12(6-4-11)24-15(16,17)18/h3-6H,2,7-10H2,1H3,(H,19,23). The number of hydrogen-bond donors (Lipinski definition) is 1. The molecule has 24 heavy (non-hydrogen) atoms. The summed E-state index contributed by atoms with van der Waals surface area (Å²) in [6, 6.07) is 4.62. The Morgan fingerprint density at radius 2 is 1.62 bits per heavy atom. The van der Waals surface area contributed by atoms with Crippen LogP contribution in [0.4, 0.5) is 18.0 Å². The van der Waals surface area contributed by atoms with E-state index in [0.29, 0.717) is 32.7 Å². The number of carbonyl (C=O) groups is 2. The second-order valence-electron chi connectivity index (χ2n) is 5.19. The molecule has 1 aromatic rings. The highest BCUT2D eigenvalue weighted by molar-refractivity contribution is 5.94. The molecule has 1 fully saturated rings. The van der Waals surface area contributed by atoms with Crippen LogP contribution in [0.5, 0.6) is 5.75 Å². The average Bonchev–Trinajstić information content (AvgIpc) is 2.54. The Bertz CT molecular complexity index is 582. The first-order valence-corrected chi connectivity index (χ1v) is 7.48. The lowest BCUT2D eigenvalue weighted by atomic mass is 10.1. The van der Waals surface area contributed by atoms with Crippen molar-refractivity contribution < 1.29 is 27.5 Å². The summed E-state index contributed by atoms with van der Waals surface area (Å²) in [6.45, 7) is 3.92. The number of nitrogens with zero attached hydrogens (tertiary/aromatic N) is 2. The first-order chi connectivity index (χ1) is 11.3. The molecule has 0 aliphatic carbocycles. The lowest BCUT2D eigenvalue weighted by Crippen LogP contribution is -2.53. The van der Waals surface area contributed by atoms with Gasteiger partial charge in [-0.05, 0) is 31.2 Å². The van der Waals surface area contributed by atoms with E-state index in [1.54, 1.807) is 9.80 Å². The van der Waals surface area contributed by atoms with Crippen molar-refractivity contribution in [1.29, 1.82) is 0 Å². The average molecular weight is 345 g/mol. The van der Waals surface area contributed by atoms with Gasteiger partial charge in [0.05, 0.1) is 0 Å². The van der Waals surface area contributed by atoms with Gasteiger partial charge in [-0.3, -0.25) is 4.79 Å². The van der Waals surface area contributed by atoms with Gasteiger partial charge in [0.25, 0.3) is 5.91 Å². The van der Waals surface area contributed by atoms with E-state index in [9.17, 15) is 22.8 Å². The van der Waals surface area contributed by atoms with E-state index in [-0.39, 0.29) is 23.3 Å². The highest BCUT2D eigenvalue weighted by Crippen LogP contribution is 2.23. The summed E-state index contributed by atoms with van der Waals surface area (Å²) in [5.74, 6) is -0.663. The van der Waals surface area contributed by atoms with Crippen LogP contribution in [0.15, 0.2) is 24.3 Å². The van der Waals surface area contributed by atoms with Crippen molar-refractivity contribution in [2.24, 2.45) is 0 Å². The second kappa shape index (κ2) is 7.41. The minimum absolute atomic E-state index is 0.168. The topological polar surface area (TPSA) is 61.9 Å². The van der Waals surface area contributed by atoms with Crippen molar-refractivity contribution in [2.45, 2.75) is 13.3 Å². The molecular weight excluding hydrogens is 327 g/mol. The van der Waals surface area contributed by atoms with Crippen LogP contribution in [-0.4, -0.2) is 60.8 Å². The Kier molecular flexibility index (Phi) is 5.53. The zero-order chi connectivity index (χ0) is 17.7. The zero-order valence-corrected chi connectivity index (χ0v) is 13.1. The number of hydrogen-bond acceptors (Lipinski definition) is 3. The molecule has 9 heteroatoms. The molecule has 1 aromatic carbocycles. The van der Waals surface area contributed by atoms with Gasteiger partial charge in [-0.25, -0.2) is 4.79 Å². The second-order valence-corrected chi connectivity index (χ2v) is 5.19. The van der Waals surface area contributed by atoms with Gasteiger partial charge < -0.3 is 19.9 Å². The monoisotopic (exact) mass is 345 g/mol. The van der Waals surface area contributed by atoms with Gasteiger partial charge >= 0.3 is 12.4 Å². The third-order valence-corrected chi connectivity index (χ3v) is 3.52. The number of carbonyl (C=O) groups excluding carboxylic acids is 2.